The molecule has 0 unspecified atom stereocenters. The van der Waals surface area contributed by atoms with E-state index in [2.05, 4.69) is 5.32 Å². The van der Waals surface area contributed by atoms with E-state index in [0.717, 1.165) is 25.7 Å². The maximum absolute atomic E-state index is 13.3. The molecule has 0 radical (unpaired) electrons. The van der Waals surface area contributed by atoms with Crippen molar-refractivity contribution in [1.29, 1.82) is 0 Å². The predicted octanol–water partition coefficient (Wildman–Crippen LogP) is 3.02. The topological polar surface area (TPSA) is 29.1 Å². The zero-order valence-electron chi connectivity index (χ0n) is 9.92. The van der Waals surface area contributed by atoms with Gasteiger partial charge >= 0.3 is 0 Å². The first kappa shape index (κ1) is 12.1. The van der Waals surface area contributed by atoms with E-state index in [1.807, 2.05) is 0 Å². The van der Waals surface area contributed by atoms with Gasteiger partial charge in [-0.2, -0.15) is 0 Å². The van der Waals surface area contributed by atoms with Gasteiger partial charge in [-0.25, -0.2) is 4.39 Å². The van der Waals surface area contributed by atoms with E-state index in [0.29, 0.717) is 12.1 Å². The summed E-state index contributed by atoms with van der Waals surface area (Å²) in [5.41, 5.74) is 0.552. The predicted molar refractivity (Wildman–Crippen MR) is 64.8 cm³/mol. The third-order valence-electron chi connectivity index (χ3n) is 3.39. The Morgan fingerprint density at radius 3 is 2.65 bits per heavy atom. The molecule has 1 aromatic rings. The van der Waals surface area contributed by atoms with Crippen LogP contribution in [0, 0.1) is 11.7 Å². The van der Waals surface area contributed by atoms with E-state index in [9.17, 15) is 9.18 Å². The van der Waals surface area contributed by atoms with Gasteiger partial charge in [-0.1, -0.05) is 37.5 Å². The lowest BCUT2D eigenvalue weighted by atomic mass is 9.88. The molecular formula is C14H18FNO. The van der Waals surface area contributed by atoms with Gasteiger partial charge in [-0.3, -0.25) is 4.79 Å². The molecule has 0 saturated heterocycles. The molecule has 0 heterocycles. The smallest absolute Gasteiger partial charge is 0.223 e. The molecule has 1 fully saturated rings. The number of carbonyl (C=O) groups is 1. The molecule has 17 heavy (non-hydrogen) atoms. The summed E-state index contributed by atoms with van der Waals surface area (Å²) in [7, 11) is 0. The van der Waals surface area contributed by atoms with Gasteiger partial charge in [-0.15, -0.1) is 0 Å². The molecule has 0 atom stereocenters. The first-order valence-corrected chi connectivity index (χ1v) is 6.28. The Hall–Kier alpha value is -1.38. The molecular weight excluding hydrogens is 217 g/mol. The van der Waals surface area contributed by atoms with E-state index in [-0.39, 0.29) is 17.6 Å². The van der Waals surface area contributed by atoms with E-state index < -0.39 is 0 Å². The van der Waals surface area contributed by atoms with Crippen molar-refractivity contribution in [3.8, 4) is 0 Å². The molecule has 1 amide bonds. The van der Waals surface area contributed by atoms with Gasteiger partial charge in [0.1, 0.15) is 5.82 Å². The molecule has 1 N–H and O–H groups in total. The van der Waals surface area contributed by atoms with Crippen LogP contribution in [0.3, 0.4) is 0 Å². The van der Waals surface area contributed by atoms with E-state index in [1.165, 1.54) is 12.5 Å². The summed E-state index contributed by atoms with van der Waals surface area (Å²) in [5, 5.41) is 2.83. The first-order valence-electron chi connectivity index (χ1n) is 6.28. The lowest BCUT2D eigenvalue weighted by Gasteiger charge is -2.20. The minimum absolute atomic E-state index is 0.0768. The third-order valence-corrected chi connectivity index (χ3v) is 3.39. The summed E-state index contributed by atoms with van der Waals surface area (Å²) in [5.74, 6) is -0.0417. The van der Waals surface area contributed by atoms with Crippen molar-refractivity contribution >= 4 is 5.91 Å². The molecule has 1 saturated carbocycles. The second-order valence-corrected chi connectivity index (χ2v) is 4.64. The maximum Gasteiger partial charge on any atom is 0.223 e. The van der Waals surface area contributed by atoms with Crippen LogP contribution in [0.1, 0.15) is 37.7 Å². The Bertz CT molecular complexity index is 386. The van der Waals surface area contributed by atoms with Crippen molar-refractivity contribution in [2.45, 2.75) is 38.6 Å². The highest BCUT2D eigenvalue weighted by atomic mass is 19.1. The van der Waals surface area contributed by atoms with Gasteiger partial charge in [0.15, 0.2) is 0 Å². The molecule has 0 aliphatic heterocycles. The van der Waals surface area contributed by atoms with Crippen molar-refractivity contribution in [2.24, 2.45) is 5.92 Å². The van der Waals surface area contributed by atoms with Gasteiger partial charge in [0.05, 0.1) is 0 Å². The van der Waals surface area contributed by atoms with Crippen LogP contribution in [0.5, 0.6) is 0 Å². The average Bonchev–Trinajstić information content (AvgIpc) is 2.38. The zero-order chi connectivity index (χ0) is 12.1. The Kier molecular flexibility index (Phi) is 4.13. The van der Waals surface area contributed by atoms with E-state index >= 15 is 0 Å². The Labute approximate surface area is 101 Å². The van der Waals surface area contributed by atoms with Crippen LogP contribution in [0.25, 0.3) is 0 Å². The second-order valence-electron chi connectivity index (χ2n) is 4.64. The minimum Gasteiger partial charge on any atom is -0.352 e. The van der Waals surface area contributed by atoms with Crippen LogP contribution in [0.4, 0.5) is 4.39 Å². The number of carbonyl (C=O) groups excluding carboxylic acids is 1. The van der Waals surface area contributed by atoms with Crippen LogP contribution in [0.2, 0.25) is 0 Å². The molecule has 0 bridgehead atoms. The zero-order valence-corrected chi connectivity index (χ0v) is 9.92. The molecule has 2 rings (SSSR count). The minimum atomic E-state index is -0.253. The average molecular weight is 235 g/mol. The van der Waals surface area contributed by atoms with Crippen molar-refractivity contribution in [3.63, 3.8) is 0 Å². The number of hydrogen-bond donors (Lipinski definition) is 1. The van der Waals surface area contributed by atoms with Gasteiger partial charge < -0.3 is 5.32 Å². The number of nitrogens with one attached hydrogen (secondary N) is 1. The van der Waals surface area contributed by atoms with Crippen LogP contribution >= 0.6 is 0 Å². The van der Waals surface area contributed by atoms with Crippen LogP contribution in [0.15, 0.2) is 24.3 Å². The highest BCUT2D eigenvalue weighted by Gasteiger charge is 2.20. The highest BCUT2D eigenvalue weighted by molar-refractivity contribution is 5.78. The third kappa shape index (κ3) is 3.29. The largest absolute Gasteiger partial charge is 0.352 e. The second kappa shape index (κ2) is 5.80. The molecule has 3 heteroatoms. The van der Waals surface area contributed by atoms with E-state index in [4.69, 9.17) is 0 Å². The van der Waals surface area contributed by atoms with Crippen molar-refractivity contribution in [3.05, 3.63) is 35.6 Å². The monoisotopic (exact) mass is 235 g/mol. The van der Waals surface area contributed by atoms with Crippen molar-refractivity contribution < 1.29 is 9.18 Å². The quantitative estimate of drug-likeness (QED) is 0.857. The lowest BCUT2D eigenvalue weighted by Crippen LogP contribution is -2.31. The molecule has 1 aliphatic carbocycles. The molecule has 2 nitrogen and oxygen atoms in total. The molecule has 0 spiro atoms. The number of amides is 1. The van der Waals surface area contributed by atoms with Gasteiger partial charge in [0.25, 0.3) is 0 Å². The molecule has 0 aromatic heterocycles. The fourth-order valence-electron chi connectivity index (χ4n) is 2.33. The summed E-state index contributed by atoms with van der Waals surface area (Å²) in [6.07, 6.45) is 5.46. The van der Waals surface area contributed by atoms with E-state index in [1.54, 1.807) is 18.2 Å². The Morgan fingerprint density at radius 2 is 1.94 bits per heavy atom. The summed E-state index contributed by atoms with van der Waals surface area (Å²) >= 11 is 0. The maximum atomic E-state index is 13.3. The first-order chi connectivity index (χ1) is 8.27. The van der Waals surface area contributed by atoms with Crippen LogP contribution < -0.4 is 5.32 Å². The summed E-state index contributed by atoms with van der Waals surface area (Å²) in [6, 6.07) is 6.56. The fraction of sp³-hybridized carbons (Fsp3) is 0.500. The fourth-order valence-corrected chi connectivity index (χ4v) is 2.33. The van der Waals surface area contributed by atoms with Crippen LogP contribution in [-0.2, 0) is 11.3 Å². The highest BCUT2D eigenvalue weighted by Crippen LogP contribution is 2.23. The number of benzene rings is 1. The summed E-state index contributed by atoms with van der Waals surface area (Å²) in [6.45, 7) is 0.294. The van der Waals surface area contributed by atoms with Crippen molar-refractivity contribution in [1.82, 2.24) is 5.32 Å². The van der Waals surface area contributed by atoms with Crippen LogP contribution in [-0.4, -0.2) is 5.91 Å². The number of halogens is 1. The van der Waals surface area contributed by atoms with Gasteiger partial charge in [0.2, 0.25) is 5.91 Å². The van der Waals surface area contributed by atoms with Gasteiger partial charge in [0, 0.05) is 18.0 Å². The Morgan fingerprint density at radius 1 is 1.24 bits per heavy atom. The number of hydrogen-bond acceptors (Lipinski definition) is 1. The number of rotatable bonds is 3. The summed E-state index contributed by atoms with van der Waals surface area (Å²) in [4.78, 5) is 11.8. The molecule has 1 aliphatic rings. The SMILES string of the molecule is O=C(NCc1ccccc1F)C1CCCCC1. The Balaban J connectivity index is 1.85. The molecule has 92 valence electrons. The lowest BCUT2D eigenvalue weighted by molar-refractivity contribution is -0.126. The van der Waals surface area contributed by atoms with Crippen molar-refractivity contribution in [2.75, 3.05) is 0 Å². The molecule has 1 aromatic carbocycles. The standard InChI is InChI=1S/C14H18FNO/c15-13-9-5-4-8-12(13)10-16-14(17)11-6-2-1-3-7-11/h4-5,8-9,11H,1-3,6-7,10H2,(H,16,17). The summed E-state index contributed by atoms with van der Waals surface area (Å²) < 4.78 is 13.3. The normalized spacial score (nSPS) is 16.8. The van der Waals surface area contributed by atoms with Gasteiger partial charge in [-0.05, 0) is 18.9 Å².